The van der Waals surface area contributed by atoms with Crippen LogP contribution in [0.4, 0.5) is 5.69 Å². The molecule has 0 aliphatic carbocycles. The number of aliphatic carboxylic acids is 1. The van der Waals surface area contributed by atoms with Gasteiger partial charge in [-0.1, -0.05) is 41.4 Å². The van der Waals surface area contributed by atoms with Gasteiger partial charge in [0.15, 0.2) is 0 Å². The van der Waals surface area contributed by atoms with Gasteiger partial charge in [-0.05, 0) is 43.0 Å². The molecule has 0 saturated heterocycles. The number of rotatable bonds is 5. The van der Waals surface area contributed by atoms with E-state index in [0.717, 1.165) is 16.7 Å². The van der Waals surface area contributed by atoms with E-state index in [1.807, 2.05) is 32.0 Å². The Morgan fingerprint density at radius 2 is 1.96 bits per heavy atom. The van der Waals surface area contributed by atoms with E-state index < -0.39 is 16.8 Å². The molecule has 2 aromatic rings. The maximum atomic E-state index is 11.7. The maximum Gasteiger partial charge on any atom is 0.311 e. The number of nitrogens with zero attached hydrogens (tertiary/aromatic N) is 1. The van der Waals surface area contributed by atoms with Crippen molar-refractivity contribution in [3.63, 3.8) is 0 Å². The van der Waals surface area contributed by atoms with Gasteiger partial charge in [-0.25, -0.2) is 0 Å². The molecule has 0 bridgehead atoms. The number of hydrogen-bond donors (Lipinski definition) is 1. The highest BCUT2D eigenvalue weighted by Crippen LogP contribution is 2.30. The first-order valence-corrected chi connectivity index (χ1v) is 7.40. The van der Waals surface area contributed by atoms with Crippen LogP contribution in [0.25, 0.3) is 0 Å². The summed E-state index contributed by atoms with van der Waals surface area (Å²) in [6, 6.07) is 10.0. The lowest BCUT2D eigenvalue weighted by Gasteiger charge is -2.16. The topological polar surface area (TPSA) is 80.4 Å². The predicted molar refractivity (Wildman–Crippen MR) is 88.1 cm³/mol. The quantitative estimate of drug-likeness (QED) is 0.654. The molecule has 0 spiro atoms. The predicted octanol–water partition coefficient (Wildman–Crippen LogP) is 4.28. The van der Waals surface area contributed by atoms with Crippen molar-refractivity contribution in [2.75, 3.05) is 0 Å². The Labute approximate surface area is 138 Å². The second-order valence-corrected chi connectivity index (χ2v) is 5.91. The van der Waals surface area contributed by atoms with Crippen LogP contribution in [0.3, 0.4) is 0 Å². The monoisotopic (exact) mass is 333 g/mol. The van der Waals surface area contributed by atoms with Crippen molar-refractivity contribution in [2.24, 2.45) is 0 Å². The highest BCUT2D eigenvalue weighted by atomic mass is 35.5. The van der Waals surface area contributed by atoms with Crippen molar-refractivity contribution in [3.05, 3.63) is 73.8 Å². The average Bonchev–Trinajstić information content (AvgIpc) is 2.48. The van der Waals surface area contributed by atoms with Crippen LogP contribution in [-0.2, 0) is 11.2 Å². The summed E-state index contributed by atoms with van der Waals surface area (Å²) in [5.41, 5.74) is 2.92. The lowest BCUT2D eigenvalue weighted by molar-refractivity contribution is -0.384. The lowest BCUT2D eigenvalue weighted by Crippen LogP contribution is -2.16. The molecule has 0 radical (unpaired) electrons. The van der Waals surface area contributed by atoms with E-state index in [1.54, 1.807) is 6.07 Å². The third-order valence-electron chi connectivity index (χ3n) is 3.76. The Hall–Kier alpha value is -2.40. The van der Waals surface area contributed by atoms with Gasteiger partial charge in [0.1, 0.15) is 5.02 Å². The molecule has 1 N–H and O–H groups in total. The van der Waals surface area contributed by atoms with E-state index in [9.17, 15) is 20.0 Å². The van der Waals surface area contributed by atoms with E-state index >= 15 is 0 Å². The molecule has 2 aromatic carbocycles. The summed E-state index contributed by atoms with van der Waals surface area (Å²) in [5, 5.41) is 20.6. The van der Waals surface area contributed by atoms with Gasteiger partial charge in [0, 0.05) is 6.07 Å². The van der Waals surface area contributed by atoms with Crippen LogP contribution in [-0.4, -0.2) is 16.0 Å². The average molecular weight is 334 g/mol. The fourth-order valence-corrected chi connectivity index (χ4v) is 2.71. The van der Waals surface area contributed by atoms with Crippen molar-refractivity contribution in [2.45, 2.75) is 26.2 Å². The molecule has 2 rings (SSSR count). The first-order chi connectivity index (χ1) is 10.8. The fourth-order valence-electron chi connectivity index (χ4n) is 2.53. The van der Waals surface area contributed by atoms with Gasteiger partial charge in [0.2, 0.25) is 0 Å². The third kappa shape index (κ3) is 3.87. The van der Waals surface area contributed by atoms with Gasteiger partial charge < -0.3 is 5.11 Å². The molecule has 1 atom stereocenters. The largest absolute Gasteiger partial charge is 0.481 e. The van der Waals surface area contributed by atoms with Crippen molar-refractivity contribution in [3.8, 4) is 0 Å². The molecule has 0 heterocycles. The van der Waals surface area contributed by atoms with E-state index in [-0.39, 0.29) is 17.1 Å². The van der Waals surface area contributed by atoms with Gasteiger partial charge in [0.25, 0.3) is 5.69 Å². The number of aryl methyl sites for hydroxylation is 2. The summed E-state index contributed by atoms with van der Waals surface area (Å²) in [7, 11) is 0. The molecule has 23 heavy (non-hydrogen) atoms. The lowest BCUT2D eigenvalue weighted by atomic mass is 9.88. The van der Waals surface area contributed by atoms with E-state index in [4.69, 9.17) is 11.6 Å². The highest BCUT2D eigenvalue weighted by molar-refractivity contribution is 6.32. The molecule has 0 aromatic heterocycles. The maximum absolute atomic E-state index is 11.7. The van der Waals surface area contributed by atoms with Gasteiger partial charge in [-0.2, -0.15) is 0 Å². The first kappa shape index (κ1) is 17.0. The number of carboxylic acid groups (broad SMARTS) is 1. The van der Waals surface area contributed by atoms with Crippen LogP contribution in [0.15, 0.2) is 36.4 Å². The standard InChI is InChI=1S/C17H16ClNO4/c1-10-3-4-11(2)13(7-10)14(17(20)21)8-12-5-6-15(18)16(9-12)19(22)23/h3-7,9,14H,8H2,1-2H3,(H,20,21). The number of carbonyl (C=O) groups is 1. The second kappa shape index (κ2) is 6.79. The molecule has 1 unspecified atom stereocenters. The molecule has 0 aliphatic rings. The minimum absolute atomic E-state index is 0.0392. The SMILES string of the molecule is Cc1ccc(C)c(C(Cc2ccc(Cl)c([N+](=O)[O-])c2)C(=O)O)c1. The van der Waals surface area contributed by atoms with E-state index in [2.05, 4.69) is 0 Å². The van der Waals surface area contributed by atoms with E-state index in [0.29, 0.717) is 5.56 Å². The van der Waals surface area contributed by atoms with Crippen LogP contribution in [0.2, 0.25) is 5.02 Å². The first-order valence-electron chi connectivity index (χ1n) is 7.02. The molecular weight excluding hydrogens is 318 g/mol. The minimum Gasteiger partial charge on any atom is -0.481 e. The Kier molecular flexibility index (Phi) is 5.01. The van der Waals surface area contributed by atoms with Crippen LogP contribution >= 0.6 is 11.6 Å². The minimum atomic E-state index is -0.962. The van der Waals surface area contributed by atoms with Gasteiger partial charge in [-0.15, -0.1) is 0 Å². The number of nitro groups is 1. The Morgan fingerprint density at radius 1 is 1.26 bits per heavy atom. The van der Waals surface area contributed by atoms with Gasteiger partial charge in [-0.3, -0.25) is 14.9 Å². The van der Waals surface area contributed by atoms with Crippen molar-refractivity contribution in [1.29, 1.82) is 0 Å². The van der Waals surface area contributed by atoms with E-state index in [1.165, 1.54) is 12.1 Å². The van der Waals surface area contributed by atoms with Crippen molar-refractivity contribution < 1.29 is 14.8 Å². The second-order valence-electron chi connectivity index (χ2n) is 5.50. The zero-order valence-corrected chi connectivity index (χ0v) is 13.5. The summed E-state index contributed by atoms with van der Waals surface area (Å²) in [6.07, 6.45) is 0.164. The van der Waals surface area contributed by atoms with Gasteiger partial charge >= 0.3 is 5.97 Å². The molecular formula is C17H16ClNO4. The number of halogens is 1. The van der Waals surface area contributed by atoms with Crippen molar-refractivity contribution in [1.82, 2.24) is 0 Å². The third-order valence-corrected chi connectivity index (χ3v) is 4.07. The summed E-state index contributed by atoms with van der Waals surface area (Å²) in [4.78, 5) is 22.1. The number of nitro benzene ring substituents is 1. The molecule has 0 aliphatic heterocycles. The summed E-state index contributed by atoms with van der Waals surface area (Å²) < 4.78 is 0. The van der Waals surface area contributed by atoms with Crippen LogP contribution < -0.4 is 0 Å². The molecule has 0 amide bonds. The summed E-state index contributed by atoms with van der Waals surface area (Å²) in [6.45, 7) is 3.75. The fraction of sp³-hybridized carbons (Fsp3) is 0.235. The summed E-state index contributed by atoms with van der Waals surface area (Å²) >= 11 is 5.80. The Bertz CT molecular complexity index is 773. The number of carboxylic acids is 1. The molecule has 120 valence electrons. The zero-order valence-electron chi connectivity index (χ0n) is 12.7. The number of benzene rings is 2. The molecule has 0 fully saturated rings. The normalized spacial score (nSPS) is 12.0. The van der Waals surface area contributed by atoms with Crippen molar-refractivity contribution >= 4 is 23.3 Å². The molecule has 6 heteroatoms. The smallest absolute Gasteiger partial charge is 0.311 e. The Morgan fingerprint density at radius 3 is 2.57 bits per heavy atom. The van der Waals surface area contributed by atoms with Crippen LogP contribution in [0.1, 0.15) is 28.2 Å². The Balaban J connectivity index is 2.41. The van der Waals surface area contributed by atoms with Gasteiger partial charge in [0.05, 0.1) is 10.8 Å². The number of hydrogen-bond acceptors (Lipinski definition) is 3. The summed E-state index contributed by atoms with van der Waals surface area (Å²) in [5.74, 6) is -1.73. The zero-order chi connectivity index (χ0) is 17.1. The molecule has 5 nitrogen and oxygen atoms in total. The van der Waals surface area contributed by atoms with Crippen LogP contribution in [0.5, 0.6) is 0 Å². The molecule has 0 saturated carbocycles. The highest BCUT2D eigenvalue weighted by Gasteiger charge is 2.23. The van der Waals surface area contributed by atoms with Crippen LogP contribution in [0, 0.1) is 24.0 Å².